The number of nitrogens with zero attached hydrogens (tertiary/aromatic N) is 2. The van der Waals surface area contributed by atoms with Gasteiger partial charge in [0.15, 0.2) is 6.39 Å². The maximum absolute atomic E-state index is 12.3. The maximum Gasteiger partial charge on any atom is 0.337 e. The van der Waals surface area contributed by atoms with Gasteiger partial charge in [-0.2, -0.15) is 0 Å². The average Bonchev–Trinajstić information content (AvgIpc) is 2.83. The van der Waals surface area contributed by atoms with Crippen molar-refractivity contribution < 1.29 is 19.1 Å². The second kappa shape index (κ2) is 5.04. The summed E-state index contributed by atoms with van der Waals surface area (Å²) < 4.78 is 5.02. The molecule has 0 aliphatic carbocycles. The first kappa shape index (κ1) is 13.6. The molecular weight excluding hydrogens is 262 g/mol. The van der Waals surface area contributed by atoms with Gasteiger partial charge in [-0.15, -0.1) is 0 Å². The van der Waals surface area contributed by atoms with Gasteiger partial charge in [0, 0.05) is 12.7 Å². The molecule has 0 bridgehead atoms. The van der Waals surface area contributed by atoms with Crippen LogP contribution in [0.1, 0.15) is 26.6 Å². The zero-order valence-electron chi connectivity index (χ0n) is 11.0. The zero-order valence-corrected chi connectivity index (χ0v) is 11.0. The normalized spacial score (nSPS) is 10.3. The van der Waals surface area contributed by atoms with Crippen LogP contribution in [0.2, 0.25) is 0 Å². The predicted molar refractivity (Wildman–Crippen MR) is 71.8 cm³/mol. The number of carbonyl (C=O) groups excluding carboxylic acids is 1. The molecule has 1 amide bonds. The molecule has 0 saturated carbocycles. The van der Waals surface area contributed by atoms with E-state index in [0.717, 1.165) is 6.39 Å². The number of carboxylic acids is 1. The van der Waals surface area contributed by atoms with Crippen LogP contribution in [0, 0.1) is 6.92 Å². The summed E-state index contributed by atoms with van der Waals surface area (Å²) in [6, 6.07) is 4.30. The van der Waals surface area contributed by atoms with E-state index in [1.165, 1.54) is 30.1 Å². The number of anilines is 2. The number of amides is 1. The van der Waals surface area contributed by atoms with Gasteiger partial charge in [0.25, 0.3) is 5.91 Å². The molecule has 1 aromatic carbocycles. The van der Waals surface area contributed by atoms with E-state index in [1.807, 2.05) is 0 Å². The number of oxazole rings is 1. The molecule has 7 nitrogen and oxygen atoms in total. The van der Waals surface area contributed by atoms with Crippen LogP contribution in [0.4, 0.5) is 11.4 Å². The maximum atomic E-state index is 12.3. The summed E-state index contributed by atoms with van der Waals surface area (Å²) in [5.41, 5.74) is 6.48. The van der Waals surface area contributed by atoms with Crippen LogP contribution in [0.15, 0.2) is 29.0 Å². The SMILES string of the molecule is Cc1ncoc1C(=O)N(C)c1ccc(N)cc1C(=O)O. The molecule has 1 aromatic heterocycles. The van der Waals surface area contributed by atoms with E-state index < -0.39 is 11.9 Å². The fourth-order valence-corrected chi connectivity index (χ4v) is 1.79. The first-order valence-electron chi connectivity index (χ1n) is 5.72. The highest BCUT2D eigenvalue weighted by molar-refractivity contribution is 6.08. The van der Waals surface area contributed by atoms with Gasteiger partial charge in [0.1, 0.15) is 0 Å². The quantitative estimate of drug-likeness (QED) is 0.822. The number of aromatic nitrogens is 1. The molecule has 104 valence electrons. The lowest BCUT2D eigenvalue weighted by atomic mass is 10.1. The Hall–Kier alpha value is -2.83. The van der Waals surface area contributed by atoms with Crippen LogP contribution in [-0.2, 0) is 0 Å². The van der Waals surface area contributed by atoms with Crippen molar-refractivity contribution in [1.82, 2.24) is 4.98 Å². The topological polar surface area (TPSA) is 110 Å². The van der Waals surface area contributed by atoms with Crippen molar-refractivity contribution in [2.24, 2.45) is 0 Å². The number of nitrogen functional groups attached to an aromatic ring is 1. The van der Waals surface area contributed by atoms with Crippen LogP contribution in [-0.4, -0.2) is 29.0 Å². The van der Waals surface area contributed by atoms with E-state index in [2.05, 4.69) is 4.98 Å². The Labute approximate surface area is 114 Å². The molecule has 0 fully saturated rings. The lowest BCUT2D eigenvalue weighted by Crippen LogP contribution is -2.28. The fraction of sp³-hybridized carbons (Fsp3) is 0.154. The summed E-state index contributed by atoms with van der Waals surface area (Å²) in [6.45, 7) is 1.63. The molecule has 0 aliphatic heterocycles. The number of carbonyl (C=O) groups is 2. The zero-order chi connectivity index (χ0) is 14.9. The summed E-state index contributed by atoms with van der Waals surface area (Å²) in [4.78, 5) is 28.5. The van der Waals surface area contributed by atoms with Crippen LogP contribution in [0.5, 0.6) is 0 Å². The molecule has 7 heteroatoms. The van der Waals surface area contributed by atoms with Crippen molar-refractivity contribution in [2.75, 3.05) is 17.7 Å². The molecule has 0 unspecified atom stereocenters. The van der Waals surface area contributed by atoms with Crippen LogP contribution in [0.3, 0.4) is 0 Å². The van der Waals surface area contributed by atoms with Gasteiger partial charge in [0.05, 0.1) is 16.9 Å². The van der Waals surface area contributed by atoms with E-state index in [1.54, 1.807) is 6.92 Å². The number of carboxylic acid groups (broad SMARTS) is 1. The first-order valence-corrected chi connectivity index (χ1v) is 5.72. The van der Waals surface area contributed by atoms with Crippen LogP contribution in [0.25, 0.3) is 0 Å². The fourth-order valence-electron chi connectivity index (χ4n) is 1.79. The molecule has 0 aliphatic rings. The molecule has 0 spiro atoms. The third-order valence-corrected chi connectivity index (χ3v) is 2.86. The standard InChI is InChI=1S/C13H13N3O4/c1-7-11(20-6-15-7)12(17)16(2)10-4-3-8(14)5-9(10)13(18)19/h3-6H,14H2,1-2H3,(H,18,19). The first-order chi connectivity index (χ1) is 9.41. The minimum Gasteiger partial charge on any atom is -0.478 e. The average molecular weight is 275 g/mol. The summed E-state index contributed by atoms with van der Waals surface area (Å²) >= 11 is 0. The largest absolute Gasteiger partial charge is 0.478 e. The highest BCUT2D eigenvalue weighted by atomic mass is 16.4. The summed E-state index contributed by atoms with van der Waals surface area (Å²) in [5, 5.41) is 9.18. The Kier molecular flexibility index (Phi) is 3.43. The Bertz CT molecular complexity index is 678. The van der Waals surface area contributed by atoms with Crippen LogP contribution < -0.4 is 10.6 Å². The molecule has 2 aromatic rings. The van der Waals surface area contributed by atoms with Crippen LogP contribution >= 0.6 is 0 Å². The van der Waals surface area contributed by atoms with E-state index in [4.69, 9.17) is 10.2 Å². The number of aromatic carboxylic acids is 1. The van der Waals surface area contributed by atoms with E-state index in [9.17, 15) is 14.7 Å². The van der Waals surface area contributed by atoms with E-state index >= 15 is 0 Å². The van der Waals surface area contributed by atoms with Gasteiger partial charge in [-0.1, -0.05) is 0 Å². The van der Waals surface area contributed by atoms with E-state index in [0.29, 0.717) is 11.4 Å². The summed E-state index contributed by atoms with van der Waals surface area (Å²) in [7, 11) is 1.46. The van der Waals surface area contributed by atoms with Crippen molar-refractivity contribution in [3.05, 3.63) is 41.6 Å². The van der Waals surface area contributed by atoms with Crippen molar-refractivity contribution in [2.45, 2.75) is 6.92 Å². The highest BCUT2D eigenvalue weighted by Gasteiger charge is 2.23. The molecular formula is C13H13N3O4. The van der Waals surface area contributed by atoms with Gasteiger partial charge in [0.2, 0.25) is 5.76 Å². The Morgan fingerprint density at radius 2 is 2.10 bits per heavy atom. The predicted octanol–water partition coefficient (Wildman–Crippen LogP) is 1.54. The second-order valence-corrected chi connectivity index (χ2v) is 4.21. The molecule has 0 atom stereocenters. The van der Waals surface area contributed by atoms with Crippen molar-refractivity contribution >= 4 is 23.3 Å². The number of aryl methyl sites for hydroxylation is 1. The monoisotopic (exact) mass is 275 g/mol. The minimum absolute atomic E-state index is 0.0574. The Balaban J connectivity index is 2.44. The highest BCUT2D eigenvalue weighted by Crippen LogP contribution is 2.24. The molecule has 1 heterocycles. The van der Waals surface area contributed by atoms with Crippen molar-refractivity contribution in [1.29, 1.82) is 0 Å². The Morgan fingerprint density at radius 1 is 1.40 bits per heavy atom. The lowest BCUT2D eigenvalue weighted by molar-refractivity contribution is 0.0697. The van der Waals surface area contributed by atoms with Crippen molar-refractivity contribution in [3.8, 4) is 0 Å². The number of benzene rings is 1. The number of nitrogens with two attached hydrogens (primary N) is 1. The summed E-state index contributed by atoms with van der Waals surface area (Å²) in [6.07, 6.45) is 1.16. The summed E-state index contributed by atoms with van der Waals surface area (Å²) in [5.74, 6) is -1.57. The van der Waals surface area contributed by atoms with Gasteiger partial charge in [-0.3, -0.25) is 4.79 Å². The van der Waals surface area contributed by atoms with Gasteiger partial charge >= 0.3 is 5.97 Å². The minimum atomic E-state index is -1.17. The van der Waals surface area contributed by atoms with Gasteiger partial charge < -0.3 is 20.2 Å². The third kappa shape index (κ3) is 2.33. The molecule has 2 rings (SSSR count). The molecule has 20 heavy (non-hydrogen) atoms. The van der Waals surface area contributed by atoms with Gasteiger partial charge in [-0.05, 0) is 25.1 Å². The van der Waals surface area contributed by atoms with Crippen molar-refractivity contribution in [3.63, 3.8) is 0 Å². The number of rotatable bonds is 3. The third-order valence-electron chi connectivity index (χ3n) is 2.86. The molecule has 0 radical (unpaired) electrons. The number of hydrogen-bond acceptors (Lipinski definition) is 5. The van der Waals surface area contributed by atoms with Gasteiger partial charge in [-0.25, -0.2) is 9.78 Å². The number of hydrogen-bond donors (Lipinski definition) is 2. The molecule has 3 N–H and O–H groups in total. The van der Waals surface area contributed by atoms with E-state index in [-0.39, 0.29) is 17.0 Å². The lowest BCUT2D eigenvalue weighted by Gasteiger charge is -2.18. The smallest absolute Gasteiger partial charge is 0.337 e. The Morgan fingerprint density at radius 3 is 2.65 bits per heavy atom. The second-order valence-electron chi connectivity index (χ2n) is 4.21. The molecule has 0 saturated heterocycles.